The average molecular weight is 103 g/mol. The molecule has 0 aliphatic carbocycles. The standard InChI is InChI=1S/C5H12.BH3.H3N/c1-3-5-4-2;;/h3-5H2,1-2H3;2*1H3. The van der Waals surface area contributed by atoms with Crippen LogP contribution in [-0.4, -0.2) is 8.41 Å². The number of hydrogen-bond donors (Lipinski definition) is 1. The molecule has 0 saturated carbocycles. The SMILES string of the molecule is B.CCCCC.N. The predicted octanol–water partition coefficient (Wildman–Crippen LogP) is 1.17. The van der Waals surface area contributed by atoms with Crippen LogP contribution in [0.2, 0.25) is 0 Å². The Morgan fingerprint density at radius 1 is 1.00 bits per heavy atom. The second-order valence-electron chi connectivity index (χ2n) is 1.35. The van der Waals surface area contributed by atoms with Gasteiger partial charge in [-0.05, 0) is 0 Å². The van der Waals surface area contributed by atoms with Crippen molar-refractivity contribution in [3.8, 4) is 0 Å². The molecule has 0 aromatic carbocycles. The van der Waals surface area contributed by atoms with Crippen molar-refractivity contribution in [1.82, 2.24) is 6.15 Å². The summed E-state index contributed by atoms with van der Waals surface area (Å²) in [6.07, 6.45) is 4.08. The lowest BCUT2D eigenvalue weighted by Crippen LogP contribution is -1.59. The third-order valence-corrected chi connectivity index (χ3v) is 0.707. The Morgan fingerprint density at radius 2 is 1.29 bits per heavy atom. The summed E-state index contributed by atoms with van der Waals surface area (Å²) >= 11 is 0. The molecule has 0 radical (unpaired) electrons. The zero-order valence-corrected chi connectivity index (χ0v) is 4.83. The van der Waals surface area contributed by atoms with E-state index >= 15 is 0 Å². The molecule has 0 atom stereocenters. The fourth-order valence-electron chi connectivity index (χ4n) is 0.354. The van der Waals surface area contributed by atoms with Crippen molar-refractivity contribution in [2.75, 3.05) is 0 Å². The molecule has 0 bridgehead atoms. The quantitative estimate of drug-likeness (QED) is 0.523. The molecule has 0 unspecified atom stereocenters. The van der Waals surface area contributed by atoms with E-state index in [-0.39, 0.29) is 14.6 Å². The molecule has 46 valence electrons. The van der Waals surface area contributed by atoms with Gasteiger partial charge in [-0.3, -0.25) is 0 Å². The maximum atomic E-state index is 2.21. The van der Waals surface area contributed by atoms with Crippen LogP contribution in [0.5, 0.6) is 0 Å². The van der Waals surface area contributed by atoms with Crippen molar-refractivity contribution in [2.45, 2.75) is 33.1 Å². The zero-order valence-electron chi connectivity index (χ0n) is 4.83. The van der Waals surface area contributed by atoms with Gasteiger partial charge in [-0.1, -0.05) is 33.1 Å². The highest BCUT2D eigenvalue weighted by Crippen LogP contribution is 1.88. The molecule has 0 aliphatic rings. The molecule has 0 rings (SSSR count). The molecule has 2 heteroatoms. The first-order valence-corrected chi connectivity index (χ1v) is 2.41. The van der Waals surface area contributed by atoms with Crippen molar-refractivity contribution < 1.29 is 0 Å². The average Bonchev–Trinajstić information content (AvgIpc) is 1.41. The van der Waals surface area contributed by atoms with Crippen LogP contribution < -0.4 is 6.15 Å². The predicted molar refractivity (Wildman–Crippen MR) is 40.2 cm³/mol. The van der Waals surface area contributed by atoms with Crippen LogP contribution >= 0.6 is 0 Å². The fraction of sp³-hybridized carbons (Fsp3) is 1.00. The van der Waals surface area contributed by atoms with Crippen molar-refractivity contribution in [2.24, 2.45) is 0 Å². The summed E-state index contributed by atoms with van der Waals surface area (Å²) < 4.78 is 0. The van der Waals surface area contributed by atoms with Crippen LogP contribution in [0, 0.1) is 0 Å². The Labute approximate surface area is 48.7 Å². The highest BCUT2D eigenvalue weighted by atomic mass is 14.0. The number of hydrogen-bond acceptors (Lipinski definition) is 1. The highest BCUT2D eigenvalue weighted by molar-refractivity contribution is 5.75. The minimum atomic E-state index is 0. The van der Waals surface area contributed by atoms with Gasteiger partial charge in [0.2, 0.25) is 0 Å². The Morgan fingerprint density at radius 3 is 1.29 bits per heavy atom. The highest BCUT2D eigenvalue weighted by Gasteiger charge is 1.68. The van der Waals surface area contributed by atoms with Gasteiger partial charge in [0.1, 0.15) is 0 Å². The Hall–Kier alpha value is 0.0249. The third kappa shape index (κ3) is 23.8. The van der Waals surface area contributed by atoms with Gasteiger partial charge in [-0.15, -0.1) is 0 Å². The third-order valence-electron chi connectivity index (χ3n) is 0.707. The van der Waals surface area contributed by atoms with Crippen LogP contribution in [0.25, 0.3) is 0 Å². The lowest BCUT2D eigenvalue weighted by Gasteiger charge is -1.79. The van der Waals surface area contributed by atoms with E-state index in [1.165, 1.54) is 19.3 Å². The normalized spacial score (nSPS) is 6.00. The minimum absolute atomic E-state index is 0. The van der Waals surface area contributed by atoms with Crippen LogP contribution in [-0.2, 0) is 0 Å². The van der Waals surface area contributed by atoms with Crippen molar-refractivity contribution in [3.63, 3.8) is 0 Å². The molecule has 0 amide bonds. The summed E-state index contributed by atoms with van der Waals surface area (Å²) in [5, 5.41) is 0. The molecule has 0 fully saturated rings. The van der Waals surface area contributed by atoms with Crippen molar-refractivity contribution in [3.05, 3.63) is 0 Å². The molecule has 0 spiro atoms. The van der Waals surface area contributed by atoms with Gasteiger partial charge in [0.25, 0.3) is 0 Å². The van der Waals surface area contributed by atoms with Crippen molar-refractivity contribution in [1.29, 1.82) is 0 Å². The Bertz CT molecular complexity index is 15.6. The maximum Gasteiger partial charge on any atom is 0.0814 e. The molecule has 0 aromatic rings. The first kappa shape index (κ1) is 15.7. The first-order chi connectivity index (χ1) is 2.41. The zero-order chi connectivity index (χ0) is 4.12. The molecule has 7 heavy (non-hydrogen) atoms. The largest absolute Gasteiger partial charge is 0.344 e. The minimum Gasteiger partial charge on any atom is -0.344 e. The van der Waals surface area contributed by atoms with Crippen LogP contribution in [0.1, 0.15) is 33.1 Å². The van der Waals surface area contributed by atoms with Gasteiger partial charge in [-0.25, -0.2) is 0 Å². The molecule has 0 heterocycles. The Balaban J connectivity index is -0.0000000800. The summed E-state index contributed by atoms with van der Waals surface area (Å²) in [5.74, 6) is 0. The summed E-state index contributed by atoms with van der Waals surface area (Å²) in [6, 6.07) is 0. The van der Waals surface area contributed by atoms with Crippen LogP contribution in [0.4, 0.5) is 0 Å². The van der Waals surface area contributed by atoms with Gasteiger partial charge < -0.3 is 6.15 Å². The van der Waals surface area contributed by atoms with Gasteiger partial charge in [0.15, 0.2) is 0 Å². The first-order valence-electron chi connectivity index (χ1n) is 2.41. The van der Waals surface area contributed by atoms with Gasteiger partial charge >= 0.3 is 0 Å². The molecular formula is C5H18BN. The smallest absolute Gasteiger partial charge is 0.0814 e. The van der Waals surface area contributed by atoms with E-state index in [2.05, 4.69) is 13.8 Å². The molecule has 0 aromatic heterocycles. The van der Waals surface area contributed by atoms with Gasteiger partial charge in [0.05, 0.1) is 8.41 Å². The monoisotopic (exact) mass is 103 g/mol. The fourth-order valence-corrected chi connectivity index (χ4v) is 0.354. The Kier molecular flexibility index (Phi) is 37.4. The lowest BCUT2D eigenvalue weighted by atomic mass is 10.3. The van der Waals surface area contributed by atoms with Gasteiger partial charge in [-0.2, -0.15) is 0 Å². The second kappa shape index (κ2) is 16.6. The maximum absolute atomic E-state index is 2.21. The second-order valence-corrected chi connectivity index (χ2v) is 1.35. The van der Waals surface area contributed by atoms with E-state index in [4.69, 9.17) is 0 Å². The molecular weight excluding hydrogens is 84.9 g/mol. The van der Waals surface area contributed by atoms with Gasteiger partial charge in [0, 0.05) is 0 Å². The van der Waals surface area contributed by atoms with E-state index in [1.807, 2.05) is 0 Å². The number of rotatable bonds is 2. The summed E-state index contributed by atoms with van der Waals surface area (Å²) in [5.41, 5.74) is 0. The number of unbranched alkanes of at least 4 members (excludes halogenated alkanes) is 2. The van der Waals surface area contributed by atoms with E-state index in [0.29, 0.717) is 0 Å². The van der Waals surface area contributed by atoms with E-state index < -0.39 is 0 Å². The molecule has 1 nitrogen and oxygen atoms in total. The topological polar surface area (TPSA) is 35.0 Å². The summed E-state index contributed by atoms with van der Waals surface area (Å²) in [4.78, 5) is 0. The van der Waals surface area contributed by atoms with E-state index in [9.17, 15) is 0 Å². The van der Waals surface area contributed by atoms with Crippen LogP contribution in [0.3, 0.4) is 0 Å². The lowest BCUT2D eigenvalue weighted by molar-refractivity contribution is 0.772. The van der Waals surface area contributed by atoms with E-state index in [0.717, 1.165) is 0 Å². The van der Waals surface area contributed by atoms with Crippen molar-refractivity contribution >= 4 is 8.41 Å². The summed E-state index contributed by atoms with van der Waals surface area (Å²) in [6.45, 7) is 4.42. The van der Waals surface area contributed by atoms with E-state index in [1.54, 1.807) is 0 Å². The molecule has 0 aliphatic heterocycles. The molecule has 3 N–H and O–H groups in total. The summed E-state index contributed by atoms with van der Waals surface area (Å²) in [7, 11) is 0. The molecule has 0 saturated heterocycles. The van der Waals surface area contributed by atoms with Crippen LogP contribution in [0.15, 0.2) is 0 Å².